The molecule has 0 bridgehead atoms. The van der Waals surface area contributed by atoms with Crippen LogP contribution in [-0.2, 0) is 29.2 Å². The lowest BCUT2D eigenvalue weighted by Crippen LogP contribution is -2.37. The second-order valence-electron chi connectivity index (χ2n) is 5.54. The molecule has 0 atom stereocenters. The summed E-state index contributed by atoms with van der Waals surface area (Å²) in [7, 11) is 3.47. The molecule has 0 saturated carbocycles. The van der Waals surface area contributed by atoms with Gasteiger partial charge >= 0.3 is 0 Å². The maximum absolute atomic E-state index is 5.56. The van der Waals surface area contributed by atoms with Crippen molar-refractivity contribution in [1.29, 1.82) is 0 Å². The molecular formula is C19H27N3O3. The van der Waals surface area contributed by atoms with Crippen LogP contribution in [0, 0.1) is 0 Å². The highest BCUT2D eigenvalue weighted by Crippen LogP contribution is 2.09. The van der Waals surface area contributed by atoms with Crippen molar-refractivity contribution in [2.75, 3.05) is 27.3 Å². The fourth-order valence-corrected chi connectivity index (χ4v) is 2.37. The van der Waals surface area contributed by atoms with Gasteiger partial charge in [0.05, 0.1) is 12.9 Å². The van der Waals surface area contributed by atoms with E-state index in [1.165, 1.54) is 11.1 Å². The first-order valence-corrected chi connectivity index (χ1v) is 8.44. The van der Waals surface area contributed by atoms with E-state index in [2.05, 4.69) is 27.8 Å². The monoisotopic (exact) mass is 345 g/mol. The van der Waals surface area contributed by atoms with Gasteiger partial charge in [0.15, 0.2) is 5.96 Å². The van der Waals surface area contributed by atoms with Crippen molar-refractivity contribution in [3.05, 3.63) is 59.5 Å². The van der Waals surface area contributed by atoms with Crippen LogP contribution >= 0.6 is 0 Å². The highest BCUT2D eigenvalue weighted by molar-refractivity contribution is 5.79. The number of nitrogens with one attached hydrogen (secondary N) is 2. The Hall–Kier alpha value is -2.31. The fourth-order valence-electron chi connectivity index (χ4n) is 2.37. The third-order valence-corrected chi connectivity index (χ3v) is 3.67. The van der Waals surface area contributed by atoms with E-state index in [1.54, 1.807) is 20.4 Å². The van der Waals surface area contributed by atoms with Crippen LogP contribution in [0.5, 0.6) is 0 Å². The Bertz CT molecular complexity index is 627. The summed E-state index contributed by atoms with van der Waals surface area (Å²) in [6.45, 7) is 3.28. The zero-order valence-electron chi connectivity index (χ0n) is 15.0. The van der Waals surface area contributed by atoms with Crippen LogP contribution in [0.4, 0.5) is 0 Å². The Kier molecular flexibility index (Phi) is 8.58. The fraction of sp³-hybridized carbons (Fsp3) is 0.421. The SMILES string of the molecule is CN=C(NCCCOCc1ccco1)NCc1ccccc1COC. The lowest BCUT2D eigenvalue weighted by molar-refractivity contribution is 0.105. The molecule has 1 heterocycles. The summed E-state index contributed by atoms with van der Waals surface area (Å²) in [5.74, 6) is 1.62. The molecule has 0 unspecified atom stereocenters. The molecule has 6 heteroatoms. The Balaban J connectivity index is 1.63. The number of furan rings is 1. The van der Waals surface area contributed by atoms with Crippen molar-refractivity contribution in [3.63, 3.8) is 0 Å². The van der Waals surface area contributed by atoms with E-state index >= 15 is 0 Å². The third-order valence-electron chi connectivity index (χ3n) is 3.67. The minimum absolute atomic E-state index is 0.510. The van der Waals surface area contributed by atoms with Crippen LogP contribution in [0.1, 0.15) is 23.3 Å². The Morgan fingerprint density at radius 1 is 1.08 bits per heavy atom. The van der Waals surface area contributed by atoms with Gasteiger partial charge in [0, 0.05) is 33.9 Å². The molecule has 2 N–H and O–H groups in total. The summed E-state index contributed by atoms with van der Waals surface area (Å²) in [6, 6.07) is 12.0. The number of hydrogen-bond donors (Lipinski definition) is 2. The second kappa shape index (κ2) is 11.3. The van der Waals surface area contributed by atoms with E-state index in [4.69, 9.17) is 13.9 Å². The first-order chi connectivity index (χ1) is 12.3. The van der Waals surface area contributed by atoms with Gasteiger partial charge < -0.3 is 24.5 Å². The third kappa shape index (κ3) is 6.99. The largest absolute Gasteiger partial charge is 0.467 e. The number of hydrogen-bond acceptors (Lipinski definition) is 4. The standard InChI is InChI=1S/C19H27N3O3/c1-20-19(21-10-6-11-24-15-18-9-5-12-25-18)22-13-16-7-3-4-8-17(16)14-23-2/h3-5,7-9,12H,6,10-11,13-15H2,1-2H3,(H2,20,21,22). The van der Waals surface area contributed by atoms with Gasteiger partial charge in [-0.25, -0.2) is 0 Å². The van der Waals surface area contributed by atoms with Crippen molar-refractivity contribution < 1.29 is 13.9 Å². The smallest absolute Gasteiger partial charge is 0.191 e. The molecule has 0 amide bonds. The summed E-state index contributed by atoms with van der Waals surface area (Å²) >= 11 is 0. The van der Waals surface area contributed by atoms with Crippen LogP contribution in [0.25, 0.3) is 0 Å². The summed E-state index contributed by atoms with van der Waals surface area (Å²) < 4.78 is 16.0. The Morgan fingerprint density at radius 3 is 2.64 bits per heavy atom. The molecule has 0 fully saturated rings. The molecule has 0 saturated heterocycles. The summed E-state index contributed by atoms with van der Waals surface area (Å²) in [5, 5.41) is 6.61. The normalized spacial score (nSPS) is 11.5. The molecule has 1 aromatic carbocycles. The average molecular weight is 345 g/mol. The van der Waals surface area contributed by atoms with E-state index in [9.17, 15) is 0 Å². The molecule has 2 aromatic rings. The van der Waals surface area contributed by atoms with E-state index in [0.717, 1.165) is 24.7 Å². The van der Waals surface area contributed by atoms with Crippen molar-refractivity contribution in [1.82, 2.24) is 10.6 Å². The molecule has 0 aliphatic heterocycles. The van der Waals surface area contributed by atoms with Crippen LogP contribution in [-0.4, -0.2) is 33.3 Å². The molecule has 2 rings (SSSR count). The van der Waals surface area contributed by atoms with E-state index < -0.39 is 0 Å². The van der Waals surface area contributed by atoms with Gasteiger partial charge in [-0.15, -0.1) is 0 Å². The first-order valence-electron chi connectivity index (χ1n) is 8.44. The van der Waals surface area contributed by atoms with Crippen LogP contribution < -0.4 is 10.6 Å². The van der Waals surface area contributed by atoms with E-state index in [-0.39, 0.29) is 0 Å². The zero-order valence-corrected chi connectivity index (χ0v) is 15.0. The van der Waals surface area contributed by atoms with Gasteiger partial charge in [-0.3, -0.25) is 4.99 Å². The molecule has 1 aromatic heterocycles. The van der Waals surface area contributed by atoms with Gasteiger partial charge in [0.1, 0.15) is 12.4 Å². The van der Waals surface area contributed by atoms with Crippen LogP contribution in [0.2, 0.25) is 0 Å². The predicted octanol–water partition coefficient (Wildman–Crippen LogP) is 2.70. The van der Waals surface area contributed by atoms with Crippen LogP contribution in [0.15, 0.2) is 52.1 Å². The minimum Gasteiger partial charge on any atom is -0.467 e. The Labute approximate surface area is 149 Å². The minimum atomic E-state index is 0.510. The Morgan fingerprint density at radius 2 is 1.92 bits per heavy atom. The molecule has 0 radical (unpaired) electrons. The number of aliphatic imine (C=N–C) groups is 1. The number of rotatable bonds is 10. The number of methoxy groups -OCH3 is 1. The molecule has 6 nitrogen and oxygen atoms in total. The van der Waals surface area contributed by atoms with Crippen LogP contribution in [0.3, 0.4) is 0 Å². The lowest BCUT2D eigenvalue weighted by atomic mass is 10.1. The van der Waals surface area contributed by atoms with Gasteiger partial charge in [0.25, 0.3) is 0 Å². The molecule has 25 heavy (non-hydrogen) atoms. The highest BCUT2D eigenvalue weighted by atomic mass is 16.5. The van der Waals surface area contributed by atoms with Crippen molar-refractivity contribution in [2.45, 2.75) is 26.2 Å². The lowest BCUT2D eigenvalue weighted by Gasteiger charge is -2.14. The maximum atomic E-state index is 5.56. The molecule has 136 valence electrons. The number of benzene rings is 1. The van der Waals surface area contributed by atoms with E-state index in [1.807, 2.05) is 24.3 Å². The predicted molar refractivity (Wildman–Crippen MR) is 98.3 cm³/mol. The van der Waals surface area contributed by atoms with Crippen molar-refractivity contribution >= 4 is 5.96 Å². The molecular weight excluding hydrogens is 318 g/mol. The molecule has 0 spiro atoms. The van der Waals surface area contributed by atoms with Gasteiger partial charge in [-0.05, 0) is 29.7 Å². The summed E-state index contributed by atoms with van der Waals surface area (Å²) in [4.78, 5) is 4.24. The quantitative estimate of drug-likeness (QED) is 0.394. The maximum Gasteiger partial charge on any atom is 0.191 e. The van der Waals surface area contributed by atoms with Crippen molar-refractivity contribution in [2.24, 2.45) is 4.99 Å². The van der Waals surface area contributed by atoms with Crippen molar-refractivity contribution in [3.8, 4) is 0 Å². The number of ether oxygens (including phenoxy) is 2. The highest BCUT2D eigenvalue weighted by Gasteiger charge is 2.03. The topological polar surface area (TPSA) is 68.0 Å². The second-order valence-corrected chi connectivity index (χ2v) is 5.54. The van der Waals surface area contributed by atoms with E-state index in [0.29, 0.717) is 26.4 Å². The van der Waals surface area contributed by atoms with Gasteiger partial charge in [-0.2, -0.15) is 0 Å². The zero-order chi connectivity index (χ0) is 17.7. The summed E-state index contributed by atoms with van der Waals surface area (Å²) in [6.07, 6.45) is 2.54. The molecule has 0 aliphatic carbocycles. The van der Waals surface area contributed by atoms with Gasteiger partial charge in [-0.1, -0.05) is 24.3 Å². The van der Waals surface area contributed by atoms with Gasteiger partial charge in [0.2, 0.25) is 0 Å². The first kappa shape index (κ1) is 19.0. The number of nitrogens with zero attached hydrogens (tertiary/aromatic N) is 1. The number of guanidine groups is 1. The molecule has 0 aliphatic rings. The summed E-state index contributed by atoms with van der Waals surface area (Å²) in [5.41, 5.74) is 2.38. The average Bonchev–Trinajstić information content (AvgIpc) is 3.15.